The van der Waals surface area contributed by atoms with Gasteiger partial charge in [0.05, 0.1) is 21.5 Å². The van der Waals surface area contributed by atoms with Crippen molar-refractivity contribution in [3.63, 3.8) is 0 Å². The zero-order valence-corrected chi connectivity index (χ0v) is 16.1. The third-order valence-corrected chi connectivity index (χ3v) is 5.01. The molecule has 2 aromatic carbocycles. The maximum absolute atomic E-state index is 12.9. The largest absolute Gasteiger partial charge is 0.324 e. The summed E-state index contributed by atoms with van der Waals surface area (Å²) in [6.45, 7) is 0. The van der Waals surface area contributed by atoms with Crippen molar-refractivity contribution in [3.8, 4) is 0 Å². The van der Waals surface area contributed by atoms with Gasteiger partial charge in [-0.25, -0.2) is 9.37 Å². The van der Waals surface area contributed by atoms with Gasteiger partial charge in [-0.05, 0) is 35.9 Å². The molecule has 0 radical (unpaired) electrons. The van der Waals surface area contributed by atoms with Gasteiger partial charge in [0.1, 0.15) is 11.6 Å². The van der Waals surface area contributed by atoms with Gasteiger partial charge in [-0.15, -0.1) is 5.10 Å². The first-order chi connectivity index (χ1) is 13.0. The highest BCUT2D eigenvalue weighted by molar-refractivity contribution is 7.99. The summed E-state index contributed by atoms with van der Waals surface area (Å²) in [7, 11) is 0. The van der Waals surface area contributed by atoms with Crippen LogP contribution in [0.5, 0.6) is 0 Å². The van der Waals surface area contributed by atoms with E-state index in [2.05, 4.69) is 20.5 Å². The van der Waals surface area contributed by atoms with Crippen LogP contribution < -0.4 is 5.32 Å². The lowest BCUT2D eigenvalue weighted by atomic mass is 10.2. The molecule has 138 valence electrons. The number of aromatic nitrogens is 3. The van der Waals surface area contributed by atoms with Gasteiger partial charge in [-0.2, -0.15) is 0 Å². The molecule has 3 rings (SSSR count). The number of H-pyrrole nitrogens is 1. The van der Waals surface area contributed by atoms with Crippen molar-refractivity contribution in [2.75, 3.05) is 11.1 Å². The monoisotopic (exact) mass is 422 g/mol. The van der Waals surface area contributed by atoms with Crippen molar-refractivity contribution in [2.24, 2.45) is 0 Å². The Morgan fingerprint density at radius 3 is 2.74 bits per heavy atom. The van der Waals surface area contributed by atoms with Gasteiger partial charge in [-0.1, -0.05) is 59.2 Å². The number of halogens is 3. The lowest BCUT2D eigenvalue weighted by Gasteiger charge is -2.07. The number of carbonyl (C=O) groups is 1. The normalized spacial score (nSPS) is 11.1. The quantitative estimate of drug-likeness (QED) is 0.538. The van der Waals surface area contributed by atoms with E-state index in [1.807, 2.05) is 0 Å². The number of anilines is 1. The highest BCUT2D eigenvalue weighted by atomic mass is 35.5. The van der Waals surface area contributed by atoms with E-state index in [9.17, 15) is 9.18 Å². The molecule has 27 heavy (non-hydrogen) atoms. The van der Waals surface area contributed by atoms with E-state index in [-0.39, 0.29) is 17.5 Å². The van der Waals surface area contributed by atoms with Crippen LogP contribution >= 0.6 is 35.0 Å². The molecule has 1 aromatic heterocycles. The minimum atomic E-state index is -0.289. The summed E-state index contributed by atoms with van der Waals surface area (Å²) < 4.78 is 12.9. The predicted molar refractivity (Wildman–Crippen MR) is 108 cm³/mol. The van der Waals surface area contributed by atoms with E-state index >= 15 is 0 Å². The Labute approximate surface area is 169 Å². The smallest absolute Gasteiger partial charge is 0.234 e. The number of rotatable bonds is 6. The third kappa shape index (κ3) is 5.56. The second-order valence-corrected chi connectivity index (χ2v) is 7.05. The Balaban J connectivity index is 1.54. The summed E-state index contributed by atoms with van der Waals surface area (Å²) in [4.78, 5) is 16.3. The van der Waals surface area contributed by atoms with Crippen LogP contribution in [0, 0.1) is 5.82 Å². The van der Waals surface area contributed by atoms with Gasteiger partial charge < -0.3 is 5.32 Å². The first kappa shape index (κ1) is 19.4. The van der Waals surface area contributed by atoms with Crippen LogP contribution in [0.3, 0.4) is 0 Å². The number of nitrogens with one attached hydrogen (secondary N) is 2. The molecule has 0 saturated carbocycles. The van der Waals surface area contributed by atoms with E-state index in [0.29, 0.717) is 26.7 Å². The van der Waals surface area contributed by atoms with Crippen LogP contribution in [0.2, 0.25) is 10.0 Å². The Morgan fingerprint density at radius 1 is 1.19 bits per heavy atom. The van der Waals surface area contributed by atoms with E-state index in [0.717, 1.165) is 5.56 Å². The standard InChI is InChI=1S/C18H13Cl2FN4OS/c19-13-2-1-3-14(17(13)20)22-16(26)10-27-18-23-15(24-25-18)9-6-11-4-7-12(21)8-5-11/h1-9H,10H2,(H,22,26)(H,23,24,25)/b9-6+. The number of carbonyl (C=O) groups excluding carboxylic acids is 1. The summed E-state index contributed by atoms with van der Waals surface area (Å²) >= 11 is 13.1. The van der Waals surface area contributed by atoms with Crippen LogP contribution in [0.1, 0.15) is 11.4 Å². The molecule has 0 spiro atoms. The summed E-state index contributed by atoms with van der Waals surface area (Å²) in [6.07, 6.45) is 3.50. The van der Waals surface area contributed by atoms with Crippen LogP contribution in [-0.4, -0.2) is 26.8 Å². The van der Waals surface area contributed by atoms with Crippen molar-refractivity contribution in [1.82, 2.24) is 15.2 Å². The molecule has 5 nitrogen and oxygen atoms in total. The number of aromatic amines is 1. The summed E-state index contributed by atoms with van der Waals surface area (Å²) in [5, 5.41) is 10.6. The van der Waals surface area contributed by atoms with E-state index in [1.54, 1.807) is 42.5 Å². The molecule has 0 aliphatic heterocycles. The minimum Gasteiger partial charge on any atom is -0.324 e. The fourth-order valence-corrected chi connectivity index (χ4v) is 3.02. The number of hydrogen-bond donors (Lipinski definition) is 2. The molecule has 1 amide bonds. The first-order valence-corrected chi connectivity index (χ1v) is 9.48. The van der Waals surface area contributed by atoms with Crippen LogP contribution in [0.25, 0.3) is 12.2 Å². The molecule has 0 bridgehead atoms. The summed E-state index contributed by atoms with van der Waals surface area (Å²) in [5.41, 5.74) is 1.28. The number of thioether (sulfide) groups is 1. The van der Waals surface area contributed by atoms with Gasteiger partial charge in [0.15, 0.2) is 0 Å². The SMILES string of the molecule is O=C(CSc1n[nH]c(/C=C/c2ccc(F)cc2)n1)Nc1cccc(Cl)c1Cl. The van der Waals surface area contributed by atoms with Crippen molar-refractivity contribution in [1.29, 1.82) is 0 Å². The maximum Gasteiger partial charge on any atom is 0.234 e. The van der Waals surface area contributed by atoms with E-state index in [4.69, 9.17) is 23.2 Å². The molecule has 0 fully saturated rings. The van der Waals surface area contributed by atoms with E-state index in [1.165, 1.54) is 23.9 Å². The number of benzene rings is 2. The van der Waals surface area contributed by atoms with Gasteiger partial charge >= 0.3 is 0 Å². The Morgan fingerprint density at radius 2 is 1.96 bits per heavy atom. The molecule has 0 saturated heterocycles. The average molecular weight is 423 g/mol. The number of amides is 1. The van der Waals surface area contributed by atoms with Crippen LogP contribution in [-0.2, 0) is 4.79 Å². The fraction of sp³-hybridized carbons (Fsp3) is 0.0556. The van der Waals surface area contributed by atoms with Gasteiger partial charge in [0.2, 0.25) is 11.1 Å². The third-order valence-electron chi connectivity index (χ3n) is 3.34. The predicted octanol–water partition coefficient (Wildman–Crippen LogP) is 5.15. The topological polar surface area (TPSA) is 70.7 Å². The zero-order chi connectivity index (χ0) is 19.2. The molecule has 9 heteroatoms. The second kappa shape index (κ2) is 9.03. The van der Waals surface area contributed by atoms with Gasteiger partial charge in [0.25, 0.3) is 0 Å². The summed E-state index contributed by atoms with van der Waals surface area (Å²) in [6, 6.07) is 11.1. The molecular weight excluding hydrogens is 410 g/mol. The van der Waals surface area contributed by atoms with Gasteiger partial charge in [-0.3, -0.25) is 9.89 Å². The number of nitrogens with zero attached hydrogens (tertiary/aromatic N) is 2. The van der Waals surface area contributed by atoms with Crippen molar-refractivity contribution in [2.45, 2.75) is 5.16 Å². The highest BCUT2D eigenvalue weighted by Crippen LogP contribution is 2.29. The molecule has 0 aliphatic carbocycles. The van der Waals surface area contributed by atoms with Crippen molar-refractivity contribution >= 4 is 58.7 Å². The maximum atomic E-state index is 12.9. The first-order valence-electron chi connectivity index (χ1n) is 7.74. The Kier molecular flexibility index (Phi) is 6.49. The molecule has 0 atom stereocenters. The molecule has 3 aromatic rings. The Hall–Kier alpha value is -2.35. The van der Waals surface area contributed by atoms with Gasteiger partial charge in [0, 0.05) is 0 Å². The average Bonchev–Trinajstić information content (AvgIpc) is 3.11. The van der Waals surface area contributed by atoms with E-state index < -0.39 is 0 Å². The molecule has 0 aliphatic rings. The minimum absolute atomic E-state index is 0.113. The summed E-state index contributed by atoms with van der Waals surface area (Å²) in [5.74, 6) is 0.0993. The molecular formula is C18H13Cl2FN4OS. The second-order valence-electron chi connectivity index (χ2n) is 5.33. The highest BCUT2D eigenvalue weighted by Gasteiger charge is 2.10. The zero-order valence-electron chi connectivity index (χ0n) is 13.7. The lowest BCUT2D eigenvalue weighted by Crippen LogP contribution is -2.14. The lowest BCUT2D eigenvalue weighted by molar-refractivity contribution is -0.113. The fourth-order valence-electron chi connectivity index (χ4n) is 2.06. The molecule has 1 heterocycles. The van der Waals surface area contributed by atoms with Crippen LogP contribution in [0.4, 0.5) is 10.1 Å². The number of hydrogen-bond acceptors (Lipinski definition) is 4. The van der Waals surface area contributed by atoms with Crippen molar-refractivity contribution in [3.05, 3.63) is 69.7 Å². The van der Waals surface area contributed by atoms with Crippen molar-refractivity contribution < 1.29 is 9.18 Å². The Bertz CT molecular complexity index is 976. The van der Waals surface area contributed by atoms with Crippen LogP contribution in [0.15, 0.2) is 47.6 Å². The molecule has 2 N–H and O–H groups in total. The molecule has 0 unspecified atom stereocenters.